The highest BCUT2D eigenvalue weighted by atomic mass is 19.1. The van der Waals surface area contributed by atoms with Gasteiger partial charge in [-0.25, -0.2) is 13.6 Å². The number of hydrogen-bond acceptors (Lipinski definition) is 3. The maximum atomic E-state index is 13.8. The Balaban J connectivity index is 1.93. The van der Waals surface area contributed by atoms with E-state index in [9.17, 15) is 18.7 Å². The van der Waals surface area contributed by atoms with E-state index in [0.29, 0.717) is 25.9 Å². The van der Waals surface area contributed by atoms with Crippen molar-refractivity contribution in [1.29, 1.82) is 0 Å². The lowest BCUT2D eigenvalue weighted by Gasteiger charge is -2.29. The molecule has 1 heterocycles. The number of carbonyl (C=O) groups is 1. The molecule has 0 radical (unpaired) electrons. The van der Waals surface area contributed by atoms with E-state index >= 15 is 0 Å². The largest absolute Gasteiger partial charge is 0.394 e. The van der Waals surface area contributed by atoms with Crippen LogP contribution in [0.3, 0.4) is 0 Å². The Labute approximate surface area is 141 Å². The first-order valence-electron chi connectivity index (χ1n) is 8.27. The molecule has 2 rings (SSSR count). The third kappa shape index (κ3) is 4.35. The van der Waals surface area contributed by atoms with Crippen LogP contribution in [0.2, 0.25) is 0 Å². The number of aliphatic hydroxyl groups is 1. The molecule has 0 aromatic heterocycles. The Bertz CT molecular complexity index is 565. The van der Waals surface area contributed by atoms with Crippen LogP contribution in [0.1, 0.15) is 33.1 Å². The van der Waals surface area contributed by atoms with Gasteiger partial charge < -0.3 is 20.6 Å². The number of urea groups is 1. The van der Waals surface area contributed by atoms with E-state index in [-0.39, 0.29) is 24.4 Å². The molecule has 5 nitrogen and oxygen atoms in total. The first-order chi connectivity index (χ1) is 11.4. The normalized spacial score (nSPS) is 19.9. The summed E-state index contributed by atoms with van der Waals surface area (Å²) in [6.45, 7) is 4.42. The highest BCUT2D eigenvalue weighted by molar-refractivity contribution is 5.75. The van der Waals surface area contributed by atoms with Crippen molar-refractivity contribution in [3.63, 3.8) is 0 Å². The molecule has 1 saturated heterocycles. The van der Waals surface area contributed by atoms with Crippen molar-refractivity contribution in [2.45, 2.75) is 44.7 Å². The van der Waals surface area contributed by atoms with E-state index in [1.165, 1.54) is 18.2 Å². The van der Waals surface area contributed by atoms with Crippen molar-refractivity contribution in [1.82, 2.24) is 10.6 Å². The van der Waals surface area contributed by atoms with E-state index in [2.05, 4.69) is 10.6 Å². The standard InChI is InChI=1S/C17H25F2N3O2/c1-3-8-17(2,11-23)21-16(24)20-12-7-9-22(10-12)15-13(18)5-4-6-14(15)19/h4-6,12,23H,3,7-11H2,1-2H3,(H2,20,21,24). The molecule has 1 aliphatic rings. The van der Waals surface area contributed by atoms with Crippen molar-refractivity contribution < 1.29 is 18.7 Å². The van der Waals surface area contributed by atoms with Gasteiger partial charge in [0.1, 0.15) is 17.3 Å². The van der Waals surface area contributed by atoms with Gasteiger partial charge in [0.05, 0.1) is 12.1 Å². The molecule has 0 bridgehead atoms. The molecule has 0 aliphatic carbocycles. The van der Waals surface area contributed by atoms with Gasteiger partial charge in [-0.15, -0.1) is 0 Å². The van der Waals surface area contributed by atoms with E-state index in [1.54, 1.807) is 11.8 Å². The average Bonchev–Trinajstić information content (AvgIpc) is 2.95. The number of hydrogen-bond donors (Lipinski definition) is 3. The second-order valence-corrected chi connectivity index (χ2v) is 6.57. The van der Waals surface area contributed by atoms with Gasteiger partial charge in [-0.05, 0) is 31.9 Å². The van der Waals surface area contributed by atoms with Gasteiger partial charge in [0.2, 0.25) is 0 Å². The third-order valence-electron chi connectivity index (χ3n) is 4.34. The Kier molecular flexibility index (Phi) is 5.99. The molecular weight excluding hydrogens is 316 g/mol. The topological polar surface area (TPSA) is 64.6 Å². The molecule has 2 amide bonds. The number of nitrogens with one attached hydrogen (secondary N) is 2. The summed E-state index contributed by atoms with van der Waals surface area (Å²) in [4.78, 5) is 13.7. The van der Waals surface area contributed by atoms with Gasteiger partial charge in [-0.1, -0.05) is 19.4 Å². The van der Waals surface area contributed by atoms with Crippen molar-refractivity contribution in [2.75, 3.05) is 24.6 Å². The zero-order valence-corrected chi connectivity index (χ0v) is 14.1. The monoisotopic (exact) mass is 341 g/mol. The molecule has 134 valence electrons. The quantitative estimate of drug-likeness (QED) is 0.744. The van der Waals surface area contributed by atoms with Crippen LogP contribution in [0.15, 0.2) is 18.2 Å². The van der Waals surface area contributed by atoms with E-state index in [0.717, 1.165) is 6.42 Å². The molecule has 0 saturated carbocycles. The maximum Gasteiger partial charge on any atom is 0.315 e. The Morgan fingerprint density at radius 2 is 2.08 bits per heavy atom. The number of para-hydroxylation sites is 1. The fourth-order valence-electron chi connectivity index (χ4n) is 3.10. The van der Waals surface area contributed by atoms with Crippen LogP contribution in [0, 0.1) is 11.6 Å². The third-order valence-corrected chi connectivity index (χ3v) is 4.34. The molecule has 0 spiro atoms. The molecule has 24 heavy (non-hydrogen) atoms. The SMILES string of the molecule is CCCC(C)(CO)NC(=O)NC1CCN(c2c(F)cccc2F)C1. The van der Waals surface area contributed by atoms with Gasteiger partial charge in [0, 0.05) is 19.1 Å². The number of nitrogens with zero attached hydrogens (tertiary/aromatic N) is 1. The van der Waals surface area contributed by atoms with Gasteiger partial charge in [-0.2, -0.15) is 0 Å². The van der Waals surface area contributed by atoms with E-state index < -0.39 is 17.2 Å². The predicted octanol–water partition coefficient (Wildman–Crippen LogP) is 2.39. The Hall–Kier alpha value is -1.89. The molecule has 1 aliphatic heterocycles. The van der Waals surface area contributed by atoms with Crippen molar-refractivity contribution >= 4 is 11.7 Å². The van der Waals surface area contributed by atoms with Gasteiger partial charge in [-0.3, -0.25) is 0 Å². The zero-order valence-electron chi connectivity index (χ0n) is 14.1. The maximum absolute atomic E-state index is 13.8. The number of aliphatic hydroxyl groups excluding tert-OH is 1. The average molecular weight is 341 g/mol. The highest BCUT2D eigenvalue weighted by Crippen LogP contribution is 2.26. The van der Waals surface area contributed by atoms with Crippen LogP contribution in [-0.2, 0) is 0 Å². The minimum atomic E-state index is -0.672. The summed E-state index contributed by atoms with van der Waals surface area (Å²) in [5, 5.41) is 15.0. The van der Waals surface area contributed by atoms with Gasteiger partial charge in [0.25, 0.3) is 0 Å². The lowest BCUT2D eigenvalue weighted by Crippen LogP contribution is -2.54. The zero-order chi connectivity index (χ0) is 17.7. The van der Waals surface area contributed by atoms with Crippen molar-refractivity contribution in [3.8, 4) is 0 Å². The summed E-state index contributed by atoms with van der Waals surface area (Å²) in [5.41, 5.74) is -0.720. The van der Waals surface area contributed by atoms with Gasteiger partial charge in [0.15, 0.2) is 0 Å². The lowest BCUT2D eigenvalue weighted by atomic mass is 9.97. The first-order valence-corrected chi connectivity index (χ1v) is 8.27. The Morgan fingerprint density at radius 3 is 2.67 bits per heavy atom. The summed E-state index contributed by atoms with van der Waals surface area (Å²) in [6, 6.07) is 3.21. The second kappa shape index (κ2) is 7.79. The smallest absolute Gasteiger partial charge is 0.315 e. The second-order valence-electron chi connectivity index (χ2n) is 6.57. The van der Waals surface area contributed by atoms with E-state index in [1.807, 2.05) is 6.92 Å². The van der Waals surface area contributed by atoms with Crippen LogP contribution >= 0.6 is 0 Å². The summed E-state index contributed by atoms with van der Waals surface area (Å²) in [7, 11) is 0. The molecule has 1 fully saturated rings. The van der Waals surface area contributed by atoms with Crippen molar-refractivity contribution in [3.05, 3.63) is 29.8 Å². The molecule has 2 unspecified atom stereocenters. The summed E-state index contributed by atoms with van der Waals surface area (Å²) in [5.74, 6) is -1.20. The minimum Gasteiger partial charge on any atom is -0.394 e. The van der Waals surface area contributed by atoms with Crippen LogP contribution in [-0.4, -0.2) is 42.4 Å². The number of benzene rings is 1. The Morgan fingerprint density at radius 1 is 1.42 bits per heavy atom. The van der Waals surface area contributed by atoms with Crippen LogP contribution in [0.4, 0.5) is 19.3 Å². The van der Waals surface area contributed by atoms with Gasteiger partial charge >= 0.3 is 6.03 Å². The number of amides is 2. The lowest BCUT2D eigenvalue weighted by molar-refractivity contribution is 0.162. The fourth-order valence-corrected chi connectivity index (χ4v) is 3.10. The summed E-state index contributed by atoms with van der Waals surface area (Å²) < 4.78 is 27.7. The highest BCUT2D eigenvalue weighted by Gasteiger charge is 2.30. The summed E-state index contributed by atoms with van der Waals surface area (Å²) >= 11 is 0. The molecule has 1 aromatic carbocycles. The number of anilines is 1. The minimum absolute atomic E-state index is 0.0478. The first kappa shape index (κ1) is 18.4. The number of rotatable bonds is 6. The van der Waals surface area contributed by atoms with Crippen LogP contribution in [0.5, 0.6) is 0 Å². The van der Waals surface area contributed by atoms with Crippen molar-refractivity contribution in [2.24, 2.45) is 0 Å². The van der Waals surface area contributed by atoms with Crippen LogP contribution < -0.4 is 15.5 Å². The molecule has 1 aromatic rings. The fraction of sp³-hybridized carbons (Fsp3) is 0.588. The molecule has 2 atom stereocenters. The number of halogens is 2. The molecule has 7 heteroatoms. The molecule has 3 N–H and O–H groups in total. The van der Waals surface area contributed by atoms with Crippen LogP contribution in [0.25, 0.3) is 0 Å². The predicted molar refractivity (Wildman–Crippen MR) is 89.0 cm³/mol. The number of carbonyl (C=O) groups excluding carboxylic acids is 1. The van der Waals surface area contributed by atoms with E-state index in [4.69, 9.17) is 0 Å². The summed E-state index contributed by atoms with van der Waals surface area (Å²) in [6.07, 6.45) is 2.10. The molecular formula is C17H25F2N3O2.